The Kier molecular flexibility index (Phi) is 7.56. The minimum atomic E-state index is -0.772. The van der Waals surface area contributed by atoms with Gasteiger partial charge in [0.1, 0.15) is 11.6 Å². The van der Waals surface area contributed by atoms with Crippen molar-refractivity contribution in [2.24, 2.45) is 5.73 Å². The summed E-state index contributed by atoms with van der Waals surface area (Å²) in [6, 6.07) is 6.50. The average molecular weight is 496 g/mol. The van der Waals surface area contributed by atoms with Gasteiger partial charge in [0.15, 0.2) is 5.78 Å². The number of amides is 2. The van der Waals surface area contributed by atoms with Crippen LogP contribution in [0.25, 0.3) is 0 Å². The van der Waals surface area contributed by atoms with E-state index >= 15 is 0 Å². The van der Waals surface area contributed by atoms with Crippen molar-refractivity contribution in [2.75, 3.05) is 10.2 Å². The molecule has 1 aromatic heterocycles. The number of anilines is 2. The number of rotatable bonds is 9. The van der Waals surface area contributed by atoms with E-state index in [1.165, 1.54) is 13.0 Å². The van der Waals surface area contributed by atoms with Gasteiger partial charge in [-0.05, 0) is 69.7 Å². The molecule has 9 heteroatoms. The summed E-state index contributed by atoms with van der Waals surface area (Å²) >= 11 is 0. The van der Waals surface area contributed by atoms with E-state index in [1.807, 2.05) is 19.9 Å². The molecule has 0 aliphatic carbocycles. The maximum Gasteiger partial charge on any atom is 0.254 e. The number of primary amides is 1. The van der Waals surface area contributed by atoms with Crippen LogP contribution in [-0.2, 0) is 0 Å². The topological polar surface area (TPSA) is 117 Å². The molecule has 3 atom stereocenters. The average Bonchev–Trinajstić information content (AvgIpc) is 3.12. The molecule has 4 rings (SSSR count). The van der Waals surface area contributed by atoms with Crippen LogP contribution in [0.15, 0.2) is 30.5 Å². The third-order valence-electron chi connectivity index (χ3n) is 7.45. The summed E-state index contributed by atoms with van der Waals surface area (Å²) < 4.78 is 14.9. The van der Waals surface area contributed by atoms with Crippen LogP contribution < -0.4 is 21.3 Å². The molecule has 0 radical (unpaired) electrons. The Morgan fingerprint density at radius 2 is 1.78 bits per heavy atom. The molecule has 36 heavy (non-hydrogen) atoms. The number of hydrogen-bond donors (Lipinski definition) is 3. The van der Waals surface area contributed by atoms with Crippen molar-refractivity contribution < 1.29 is 18.8 Å². The molecule has 2 fully saturated rings. The molecule has 2 aliphatic heterocycles. The first-order valence-corrected chi connectivity index (χ1v) is 12.7. The van der Waals surface area contributed by atoms with E-state index in [2.05, 4.69) is 20.5 Å². The number of Topliss-reactive ketones (excluding diaryl/α,β-unsaturated/α-hetero) is 1. The van der Waals surface area contributed by atoms with Gasteiger partial charge in [-0.2, -0.15) is 0 Å². The number of nitrogens with zero attached hydrogens (tertiary/aromatic N) is 2. The molecule has 2 bridgehead atoms. The fourth-order valence-corrected chi connectivity index (χ4v) is 5.46. The van der Waals surface area contributed by atoms with Crippen LogP contribution in [0.1, 0.15) is 90.4 Å². The molecule has 0 unspecified atom stereocenters. The number of nitrogens with two attached hydrogens (primary N) is 1. The lowest BCUT2D eigenvalue weighted by atomic mass is 9.96. The third kappa shape index (κ3) is 5.20. The van der Waals surface area contributed by atoms with Gasteiger partial charge >= 0.3 is 0 Å². The molecular formula is C27H34FN5O3. The molecule has 2 saturated heterocycles. The number of ketones is 1. The van der Waals surface area contributed by atoms with E-state index < -0.39 is 17.6 Å². The number of pyridine rings is 1. The Morgan fingerprint density at radius 3 is 2.31 bits per heavy atom. The van der Waals surface area contributed by atoms with Crippen molar-refractivity contribution in [3.8, 4) is 0 Å². The number of nitrogens with one attached hydrogen (secondary N) is 2. The number of hydrogen-bond acceptors (Lipinski definition) is 6. The maximum absolute atomic E-state index is 14.9. The molecule has 2 aromatic rings. The second-order valence-electron chi connectivity index (χ2n) is 9.79. The number of carbonyl (C=O) groups excluding carboxylic acids is 3. The zero-order chi connectivity index (χ0) is 26.0. The summed E-state index contributed by atoms with van der Waals surface area (Å²) in [6.07, 6.45) is 6.63. The molecule has 1 aromatic carbocycles. The summed E-state index contributed by atoms with van der Waals surface area (Å²) in [5, 5.41) is 6.25. The van der Waals surface area contributed by atoms with Crippen LogP contribution in [-0.4, -0.2) is 46.7 Å². The van der Waals surface area contributed by atoms with Crippen molar-refractivity contribution >= 4 is 29.1 Å². The molecule has 2 amide bonds. The Hall–Kier alpha value is -3.49. The van der Waals surface area contributed by atoms with Crippen molar-refractivity contribution in [3.05, 3.63) is 53.0 Å². The predicted molar refractivity (Wildman–Crippen MR) is 137 cm³/mol. The third-order valence-corrected chi connectivity index (χ3v) is 7.45. The lowest BCUT2D eigenvalue weighted by molar-refractivity contribution is 0.0920. The Labute approximate surface area is 210 Å². The summed E-state index contributed by atoms with van der Waals surface area (Å²) in [7, 11) is 0. The van der Waals surface area contributed by atoms with E-state index in [0.29, 0.717) is 11.3 Å². The highest BCUT2D eigenvalue weighted by molar-refractivity contribution is 6.02. The van der Waals surface area contributed by atoms with Crippen LogP contribution in [0.4, 0.5) is 15.9 Å². The summed E-state index contributed by atoms with van der Waals surface area (Å²) in [5.74, 6) is -1.21. The highest BCUT2D eigenvalue weighted by atomic mass is 19.1. The number of aromatic nitrogens is 1. The van der Waals surface area contributed by atoms with Gasteiger partial charge in [-0.15, -0.1) is 0 Å². The smallest absolute Gasteiger partial charge is 0.254 e. The van der Waals surface area contributed by atoms with Crippen LogP contribution >= 0.6 is 0 Å². The summed E-state index contributed by atoms with van der Waals surface area (Å²) in [5.41, 5.74) is 6.34. The SMILES string of the molecule is CCC(CC)Nc1cc(C(=O)N[C@H]2C[C@H]3CC[C@@H](C2)N3c2ccc(C(C)=O)cn2)c(F)cc1C(N)=O. The summed E-state index contributed by atoms with van der Waals surface area (Å²) in [6.45, 7) is 5.54. The van der Waals surface area contributed by atoms with Gasteiger partial charge in [-0.25, -0.2) is 9.37 Å². The molecule has 2 aliphatic rings. The lowest BCUT2D eigenvalue weighted by Crippen LogP contribution is -2.51. The highest BCUT2D eigenvalue weighted by Crippen LogP contribution is 2.38. The Morgan fingerprint density at radius 1 is 1.11 bits per heavy atom. The predicted octanol–water partition coefficient (Wildman–Crippen LogP) is 4.05. The number of carbonyl (C=O) groups is 3. The van der Waals surface area contributed by atoms with Gasteiger partial charge in [0.25, 0.3) is 11.8 Å². The number of fused-ring (bicyclic) bond motifs is 2. The monoisotopic (exact) mass is 495 g/mol. The first-order chi connectivity index (χ1) is 17.2. The van der Waals surface area contributed by atoms with E-state index in [9.17, 15) is 18.8 Å². The lowest BCUT2D eigenvalue weighted by Gasteiger charge is -2.40. The molecular weight excluding hydrogens is 461 g/mol. The second kappa shape index (κ2) is 10.6. The van der Waals surface area contributed by atoms with E-state index in [-0.39, 0.29) is 41.1 Å². The zero-order valence-electron chi connectivity index (χ0n) is 21.0. The number of benzene rings is 1. The van der Waals surface area contributed by atoms with Gasteiger partial charge in [0.05, 0.1) is 11.1 Å². The van der Waals surface area contributed by atoms with Crippen molar-refractivity contribution in [2.45, 2.75) is 83.5 Å². The number of halogens is 1. The van der Waals surface area contributed by atoms with Gasteiger partial charge in [-0.1, -0.05) is 13.8 Å². The summed E-state index contributed by atoms with van der Waals surface area (Å²) in [4.78, 5) is 43.4. The van der Waals surface area contributed by atoms with Gasteiger partial charge in [-0.3, -0.25) is 14.4 Å². The fraction of sp³-hybridized carbons (Fsp3) is 0.481. The molecule has 0 spiro atoms. The van der Waals surface area contributed by atoms with E-state index in [4.69, 9.17) is 5.73 Å². The van der Waals surface area contributed by atoms with E-state index in [1.54, 1.807) is 12.3 Å². The normalized spacial score (nSPS) is 20.9. The first-order valence-electron chi connectivity index (χ1n) is 12.7. The van der Waals surface area contributed by atoms with Gasteiger partial charge in [0, 0.05) is 41.6 Å². The maximum atomic E-state index is 14.9. The minimum absolute atomic E-state index is 0.0206. The van der Waals surface area contributed by atoms with Gasteiger partial charge < -0.3 is 21.3 Å². The van der Waals surface area contributed by atoms with Crippen LogP contribution in [0, 0.1) is 5.82 Å². The number of piperidine rings is 1. The van der Waals surface area contributed by atoms with E-state index in [0.717, 1.165) is 50.4 Å². The second-order valence-corrected chi connectivity index (χ2v) is 9.79. The largest absolute Gasteiger partial charge is 0.382 e. The zero-order valence-corrected chi connectivity index (χ0v) is 21.0. The quantitative estimate of drug-likeness (QED) is 0.452. The molecule has 0 saturated carbocycles. The van der Waals surface area contributed by atoms with Crippen LogP contribution in [0.3, 0.4) is 0 Å². The Bertz CT molecular complexity index is 1130. The van der Waals surface area contributed by atoms with Crippen LogP contribution in [0.2, 0.25) is 0 Å². The standard InChI is InChI=1S/C27H34FN5O3/c1-4-17(5-2)31-24-13-21(23(28)12-22(24)26(29)35)27(36)32-18-10-19-7-8-20(11-18)33(19)25-9-6-16(14-30-25)15(3)34/h6,9,12-14,17-20,31H,4-5,7-8,10-11H2,1-3H3,(H2,29,35)(H,32,36)/t18-,19+,20-. The van der Waals surface area contributed by atoms with Crippen molar-refractivity contribution in [1.29, 1.82) is 0 Å². The molecule has 8 nitrogen and oxygen atoms in total. The molecule has 4 N–H and O–H groups in total. The van der Waals surface area contributed by atoms with Crippen LogP contribution in [0.5, 0.6) is 0 Å². The van der Waals surface area contributed by atoms with Gasteiger partial charge in [0.2, 0.25) is 0 Å². The first kappa shape index (κ1) is 25.6. The minimum Gasteiger partial charge on any atom is -0.382 e. The molecule has 192 valence electrons. The molecule has 3 heterocycles. The van der Waals surface area contributed by atoms with Crippen molar-refractivity contribution in [3.63, 3.8) is 0 Å². The fourth-order valence-electron chi connectivity index (χ4n) is 5.46. The highest BCUT2D eigenvalue weighted by Gasteiger charge is 2.42. The Balaban J connectivity index is 1.48. The van der Waals surface area contributed by atoms with Crippen molar-refractivity contribution in [1.82, 2.24) is 10.3 Å².